The zero-order chi connectivity index (χ0) is 20.8. The number of thiol groups is 1. The SMILES string of the molecule is O=[N+]([O-])c1cc(C#Cc2ccc(S)cc2)c([N+](=O)[O-])cc1C#CC1=CC=C=C[CH]1. The number of hydrogen-bond acceptors (Lipinski definition) is 5. The predicted octanol–water partition coefficient (Wildman–Crippen LogP) is 4.40. The highest BCUT2D eigenvalue weighted by atomic mass is 32.1. The standard InChI is InChI=1S/C22H11N2O4S/c25-23(26)21-15-19(11-7-17-8-12-20(29)13-9-17)22(24(27)28)14-18(21)10-6-16-4-2-1-3-5-16/h2-5,8-9,12-15,29H. The molecular formula is C22H11N2O4S. The molecule has 0 saturated carbocycles. The average molecular weight is 399 g/mol. The summed E-state index contributed by atoms with van der Waals surface area (Å²) < 4.78 is 0. The van der Waals surface area contributed by atoms with Crippen LogP contribution in [0.5, 0.6) is 0 Å². The van der Waals surface area contributed by atoms with Gasteiger partial charge in [0.1, 0.15) is 11.1 Å². The monoisotopic (exact) mass is 399 g/mol. The molecule has 0 bridgehead atoms. The summed E-state index contributed by atoms with van der Waals surface area (Å²) in [5, 5.41) is 23.0. The molecule has 2 aromatic carbocycles. The van der Waals surface area contributed by atoms with Gasteiger partial charge in [-0.25, -0.2) is 0 Å². The summed E-state index contributed by atoms with van der Waals surface area (Å²) in [6.07, 6.45) is 6.67. The Bertz CT molecular complexity index is 1230. The van der Waals surface area contributed by atoms with E-state index in [0.29, 0.717) is 11.1 Å². The van der Waals surface area contributed by atoms with Crippen LogP contribution >= 0.6 is 12.6 Å². The lowest BCUT2D eigenvalue weighted by atomic mass is 10.0. The second kappa shape index (κ2) is 8.77. The third kappa shape index (κ3) is 5.03. The lowest BCUT2D eigenvalue weighted by Gasteiger charge is -2.00. The summed E-state index contributed by atoms with van der Waals surface area (Å²) in [6.45, 7) is 0. The molecule has 0 aliphatic heterocycles. The number of rotatable bonds is 2. The Morgan fingerprint density at radius 3 is 1.93 bits per heavy atom. The first-order valence-corrected chi connectivity index (χ1v) is 8.65. The summed E-state index contributed by atoms with van der Waals surface area (Å²) >= 11 is 4.18. The highest BCUT2D eigenvalue weighted by Crippen LogP contribution is 2.28. The van der Waals surface area contributed by atoms with E-state index >= 15 is 0 Å². The van der Waals surface area contributed by atoms with Gasteiger partial charge in [-0.2, -0.15) is 0 Å². The van der Waals surface area contributed by atoms with E-state index in [1.54, 1.807) is 48.9 Å². The first-order chi connectivity index (χ1) is 13.9. The fourth-order valence-corrected chi connectivity index (χ4v) is 2.52. The van der Waals surface area contributed by atoms with Crippen LogP contribution in [0.15, 0.2) is 70.8 Å². The minimum atomic E-state index is -0.632. The molecule has 0 N–H and O–H groups in total. The minimum absolute atomic E-state index is 0.0560. The molecule has 0 amide bonds. The molecular weight excluding hydrogens is 388 g/mol. The van der Waals surface area contributed by atoms with Crippen molar-refractivity contribution in [2.24, 2.45) is 0 Å². The summed E-state index contributed by atoms with van der Waals surface area (Å²) in [5.74, 6) is 10.8. The molecule has 1 aliphatic rings. The van der Waals surface area contributed by atoms with E-state index in [4.69, 9.17) is 0 Å². The lowest BCUT2D eigenvalue weighted by Crippen LogP contribution is -1.99. The van der Waals surface area contributed by atoms with Crippen molar-refractivity contribution in [2.75, 3.05) is 0 Å². The normalized spacial score (nSPS) is 11.6. The first-order valence-electron chi connectivity index (χ1n) is 8.20. The molecule has 1 radical (unpaired) electrons. The maximum Gasteiger partial charge on any atom is 0.286 e. The maximum absolute atomic E-state index is 11.5. The third-order valence-corrected chi connectivity index (χ3v) is 4.07. The molecule has 6 nitrogen and oxygen atoms in total. The van der Waals surface area contributed by atoms with Gasteiger partial charge in [-0.05, 0) is 42.5 Å². The average Bonchev–Trinajstić information content (AvgIpc) is 2.72. The van der Waals surface area contributed by atoms with E-state index in [0.717, 1.165) is 17.0 Å². The van der Waals surface area contributed by atoms with E-state index < -0.39 is 9.85 Å². The molecule has 29 heavy (non-hydrogen) atoms. The molecule has 0 unspecified atom stereocenters. The molecule has 0 fully saturated rings. The van der Waals surface area contributed by atoms with Crippen molar-refractivity contribution in [1.82, 2.24) is 0 Å². The van der Waals surface area contributed by atoms with Crippen LogP contribution in [0, 0.1) is 50.3 Å². The molecule has 0 spiro atoms. The molecule has 0 saturated heterocycles. The van der Waals surface area contributed by atoms with Gasteiger partial charge in [0.25, 0.3) is 11.4 Å². The highest BCUT2D eigenvalue weighted by Gasteiger charge is 2.22. The molecule has 139 valence electrons. The zero-order valence-electron chi connectivity index (χ0n) is 14.7. The number of hydrogen-bond donors (Lipinski definition) is 1. The number of nitro benzene ring substituents is 2. The van der Waals surface area contributed by atoms with Crippen LogP contribution in [-0.4, -0.2) is 9.85 Å². The van der Waals surface area contributed by atoms with E-state index in [2.05, 4.69) is 42.0 Å². The van der Waals surface area contributed by atoms with Gasteiger partial charge >= 0.3 is 0 Å². The molecule has 2 aromatic rings. The van der Waals surface area contributed by atoms with Gasteiger partial charge in [0, 0.05) is 34.6 Å². The summed E-state index contributed by atoms with van der Waals surface area (Å²) in [6, 6.07) is 9.02. The van der Waals surface area contributed by atoms with Crippen molar-refractivity contribution in [3.63, 3.8) is 0 Å². The topological polar surface area (TPSA) is 86.3 Å². The van der Waals surface area contributed by atoms with Gasteiger partial charge in [0.05, 0.1) is 9.85 Å². The van der Waals surface area contributed by atoms with Crippen LogP contribution in [0.2, 0.25) is 0 Å². The van der Waals surface area contributed by atoms with Crippen molar-refractivity contribution in [3.8, 4) is 23.7 Å². The Balaban J connectivity index is 2.08. The van der Waals surface area contributed by atoms with Crippen molar-refractivity contribution >= 4 is 24.0 Å². The summed E-state index contributed by atoms with van der Waals surface area (Å²) in [7, 11) is 0. The number of nitro groups is 2. The van der Waals surface area contributed by atoms with Gasteiger partial charge in [-0.15, -0.1) is 18.4 Å². The van der Waals surface area contributed by atoms with E-state index in [1.165, 1.54) is 0 Å². The maximum atomic E-state index is 11.5. The largest absolute Gasteiger partial charge is 0.286 e. The Kier molecular flexibility index (Phi) is 5.97. The highest BCUT2D eigenvalue weighted by molar-refractivity contribution is 7.80. The second-order valence-corrected chi connectivity index (χ2v) is 6.25. The number of allylic oxidation sites excluding steroid dienone is 3. The smallest absolute Gasteiger partial charge is 0.258 e. The van der Waals surface area contributed by atoms with Crippen molar-refractivity contribution < 1.29 is 9.85 Å². The second-order valence-electron chi connectivity index (χ2n) is 5.74. The van der Waals surface area contributed by atoms with Crippen LogP contribution in [0.1, 0.15) is 16.7 Å². The third-order valence-electron chi connectivity index (χ3n) is 3.78. The lowest BCUT2D eigenvalue weighted by molar-refractivity contribution is -0.389. The Morgan fingerprint density at radius 1 is 0.828 bits per heavy atom. The molecule has 0 aromatic heterocycles. The summed E-state index contributed by atoms with van der Waals surface area (Å²) in [5.41, 5.74) is 3.24. The number of nitrogens with zero attached hydrogens (tertiary/aromatic N) is 2. The fourth-order valence-electron chi connectivity index (χ4n) is 2.37. The van der Waals surface area contributed by atoms with Crippen LogP contribution in [0.3, 0.4) is 0 Å². The van der Waals surface area contributed by atoms with Gasteiger partial charge < -0.3 is 0 Å². The van der Waals surface area contributed by atoms with Crippen LogP contribution in [-0.2, 0) is 0 Å². The first kappa shape index (κ1) is 19.7. The van der Waals surface area contributed by atoms with Gasteiger partial charge in [0.2, 0.25) is 0 Å². The van der Waals surface area contributed by atoms with Crippen LogP contribution < -0.4 is 0 Å². The van der Waals surface area contributed by atoms with E-state index in [1.807, 2.05) is 0 Å². The van der Waals surface area contributed by atoms with Gasteiger partial charge in [0.15, 0.2) is 0 Å². The fraction of sp³-hybridized carbons (Fsp3) is 0. The minimum Gasteiger partial charge on any atom is -0.258 e. The van der Waals surface area contributed by atoms with E-state index in [-0.39, 0.29) is 22.5 Å². The Labute approximate surface area is 172 Å². The molecule has 1 aliphatic carbocycles. The molecule has 7 heteroatoms. The molecule has 0 atom stereocenters. The van der Waals surface area contributed by atoms with Gasteiger partial charge in [-0.3, -0.25) is 20.2 Å². The van der Waals surface area contributed by atoms with Crippen molar-refractivity contribution in [1.29, 1.82) is 0 Å². The Hall–Kier alpha value is -4.03. The van der Waals surface area contributed by atoms with E-state index in [9.17, 15) is 20.2 Å². The molecule has 0 heterocycles. The molecule has 3 rings (SSSR count). The van der Waals surface area contributed by atoms with Crippen LogP contribution in [0.4, 0.5) is 11.4 Å². The summed E-state index contributed by atoms with van der Waals surface area (Å²) in [4.78, 5) is 22.5. The predicted molar refractivity (Wildman–Crippen MR) is 111 cm³/mol. The quantitative estimate of drug-likeness (QED) is 0.267. The number of benzene rings is 2. The van der Waals surface area contributed by atoms with Gasteiger partial charge in [-0.1, -0.05) is 23.7 Å². The zero-order valence-corrected chi connectivity index (χ0v) is 15.6. The van der Waals surface area contributed by atoms with Crippen molar-refractivity contribution in [3.05, 3.63) is 109 Å². The Morgan fingerprint density at radius 2 is 1.41 bits per heavy atom. The van der Waals surface area contributed by atoms with Crippen LogP contribution in [0.25, 0.3) is 0 Å². The van der Waals surface area contributed by atoms with Crippen molar-refractivity contribution in [2.45, 2.75) is 4.90 Å².